The van der Waals surface area contributed by atoms with Crippen LogP contribution in [0.3, 0.4) is 0 Å². The summed E-state index contributed by atoms with van der Waals surface area (Å²) >= 11 is 0. The number of aryl methyl sites for hydroxylation is 1. The molecule has 1 heterocycles. The Morgan fingerprint density at radius 3 is 2.81 bits per heavy atom. The summed E-state index contributed by atoms with van der Waals surface area (Å²) in [4.78, 5) is 25.6. The predicted molar refractivity (Wildman–Crippen MR) is 63.7 cm³/mol. The summed E-state index contributed by atoms with van der Waals surface area (Å²) < 4.78 is 0. The third kappa shape index (κ3) is 1.89. The normalized spacial score (nSPS) is 10.6. The van der Waals surface area contributed by atoms with Gasteiger partial charge in [0.15, 0.2) is 0 Å². The molecule has 1 aromatic carbocycles. The summed E-state index contributed by atoms with van der Waals surface area (Å²) in [6, 6.07) is 7.61. The highest BCUT2D eigenvalue weighted by atomic mass is 16.1. The third-order valence-electron chi connectivity index (χ3n) is 2.60. The van der Waals surface area contributed by atoms with E-state index in [1.165, 1.54) is 6.92 Å². The number of carbonyl (C=O) groups excluding carboxylic acids is 1. The van der Waals surface area contributed by atoms with Crippen LogP contribution < -0.4 is 5.56 Å². The molecular weight excluding hydrogens is 202 g/mol. The van der Waals surface area contributed by atoms with E-state index in [0.29, 0.717) is 5.56 Å². The second kappa shape index (κ2) is 3.93. The highest BCUT2D eigenvalue weighted by Crippen LogP contribution is 2.15. The maximum atomic E-state index is 11.7. The number of benzene rings is 1. The molecule has 0 aliphatic carbocycles. The minimum atomic E-state index is -0.169. The molecule has 2 aromatic rings. The molecule has 0 aliphatic heterocycles. The molecule has 0 aliphatic rings. The summed E-state index contributed by atoms with van der Waals surface area (Å²) in [5.41, 5.74) is 2.24. The largest absolute Gasteiger partial charge is 0.321 e. The topological polar surface area (TPSA) is 49.9 Å². The molecule has 82 valence electrons. The van der Waals surface area contributed by atoms with Crippen molar-refractivity contribution in [3.8, 4) is 0 Å². The Kier molecular flexibility index (Phi) is 2.60. The lowest BCUT2D eigenvalue weighted by molar-refractivity contribution is -0.116. The number of carbonyl (C=O) groups is 1. The van der Waals surface area contributed by atoms with Crippen LogP contribution in [0.5, 0.6) is 0 Å². The van der Waals surface area contributed by atoms with Crippen molar-refractivity contribution >= 4 is 16.7 Å². The number of H-pyrrole nitrogens is 1. The minimum absolute atomic E-state index is 0.00231. The highest BCUT2D eigenvalue weighted by Gasteiger charge is 2.06. The average Bonchev–Trinajstić information content (AvgIpc) is 2.20. The number of aromatic nitrogens is 1. The summed E-state index contributed by atoms with van der Waals surface area (Å²) in [6.07, 6.45) is 0.194. The van der Waals surface area contributed by atoms with Gasteiger partial charge in [0.05, 0.1) is 5.52 Å². The Labute approximate surface area is 93.1 Å². The summed E-state index contributed by atoms with van der Waals surface area (Å²) in [5.74, 6) is -0.00231. The van der Waals surface area contributed by atoms with Crippen molar-refractivity contribution in [2.24, 2.45) is 0 Å². The third-order valence-corrected chi connectivity index (χ3v) is 2.60. The molecule has 1 aromatic heterocycles. The van der Waals surface area contributed by atoms with E-state index in [1.807, 2.05) is 25.1 Å². The van der Waals surface area contributed by atoms with Gasteiger partial charge in [0.1, 0.15) is 5.78 Å². The van der Waals surface area contributed by atoms with Crippen LogP contribution in [0.25, 0.3) is 10.9 Å². The number of para-hydroxylation sites is 1. The summed E-state index contributed by atoms with van der Waals surface area (Å²) in [7, 11) is 0. The molecule has 1 N–H and O–H groups in total. The van der Waals surface area contributed by atoms with Crippen LogP contribution in [0.1, 0.15) is 18.1 Å². The SMILES string of the molecule is CC(=O)Cc1cc2cccc(C)c2[nH]c1=O. The lowest BCUT2D eigenvalue weighted by Gasteiger charge is -2.03. The molecule has 0 fully saturated rings. The van der Waals surface area contributed by atoms with Gasteiger partial charge in [0.2, 0.25) is 0 Å². The van der Waals surface area contributed by atoms with Crippen molar-refractivity contribution in [2.45, 2.75) is 20.3 Å². The van der Waals surface area contributed by atoms with Crippen LogP contribution in [0, 0.1) is 6.92 Å². The van der Waals surface area contributed by atoms with Gasteiger partial charge in [-0.25, -0.2) is 0 Å². The smallest absolute Gasteiger partial charge is 0.252 e. The van der Waals surface area contributed by atoms with E-state index in [0.717, 1.165) is 16.5 Å². The Morgan fingerprint density at radius 2 is 2.12 bits per heavy atom. The van der Waals surface area contributed by atoms with Gasteiger partial charge >= 0.3 is 0 Å². The second-order valence-corrected chi connectivity index (χ2v) is 4.04. The molecule has 0 amide bonds. The Hall–Kier alpha value is -1.90. The van der Waals surface area contributed by atoms with Gasteiger partial charge in [0, 0.05) is 12.0 Å². The van der Waals surface area contributed by atoms with Crippen molar-refractivity contribution in [3.63, 3.8) is 0 Å². The predicted octanol–water partition coefficient (Wildman–Crippen LogP) is 1.97. The summed E-state index contributed by atoms with van der Waals surface area (Å²) in [5, 5.41) is 0.968. The first-order valence-corrected chi connectivity index (χ1v) is 5.19. The number of nitrogens with one attached hydrogen (secondary N) is 1. The zero-order valence-electron chi connectivity index (χ0n) is 9.33. The van der Waals surface area contributed by atoms with Gasteiger partial charge < -0.3 is 4.98 Å². The zero-order chi connectivity index (χ0) is 11.7. The van der Waals surface area contributed by atoms with E-state index in [4.69, 9.17) is 0 Å². The van der Waals surface area contributed by atoms with E-state index in [-0.39, 0.29) is 17.8 Å². The first kappa shape index (κ1) is 10.6. The van der Waals surface area contributed by atoms with Crippen molar-refractivity contribution in [3.05, 3.63) is 45.7 Å². The maximum Gasteiger partial charge on any atom is 0.252 e. The fourth-order valence-electron chi connectivity index (χ4n) is 1.83. The minimum Gasteiger partial charge on any atom is -0.321 e. The monoisotopic (exact) mass is 215 g/mol. The number of hydrogen-bond acceptors (Lipinski definition) is 2. The van der Waals surface area contributed by atoms with Crippen molar-refractivity contribution in [1.82, 2.24) is 4.98 Å². The van der Waals surface area contributed by atoms with Crippen LogP contribution in [-0.4, -0.2) is 10.8 Å². The number of hydrogen-bond donors (Lipinski definition) is 1. The lowest BCUT2D eigenvalue weighted by Crippen LogP contribution is -2.15. The number of Topliss-reactive ketones (excluding diaryl/α,β-unsaturated/α-hetero) is 1. The molecule has 0 radical (unpaired) electrons. The number of rotatable bonds is 2. The van der Waals surface area contributed by atoms with Gasteiger partial charge in [-0.2, -0.15) is 0 Å². The average molecular weight is 215 g/mol. The van der Waals surface area contributed by atoms with E-state index in [2.05, 4.69) is 4.98 Å². The molecule has 0 spiro atoms. The fourth-order valence-corrected chi connectivity index (χ4v) is 1.83. The molecule has 0 bridgehead atoms. The van der Waals surface area contributed by atoms with E-state index in [1.54, 1.807) is 6.07 Å². The van der Waals surface area contributed by atoms with Gasteiger partial charge in [-0.15, -0.1) is 0 Å². The molecule has 0 saturated carbocycles. The first-order chi connectivity index (χ1) is 7.58. The zero-order valence-corrected chi connectivity index (χ0v) is 9.33. The molecule has 0 atom stereocenters. The number of fused-ring (bicyclic) bond motifs is 1. The van der Waals surface area contributed by atoms with Crippen LogP contribution in [0.4, 0.5) is 0 Å². The van der Waals surface area contributed by atoms with Gasteiger partial charge in [0.25, 0.3) is 5.56 Å². The van der Waals surface area contributed by atoms with Crippen LogP contribution in [-0.2, 0) is 11.2 Å². The lowest BCUT2D eigenvalue weighted by atomic mass is 10.1. The van der Waals surface area contributed by atoms with Crippen molar-refractivity contribution < 1.29 is 4.79 Å². The molecular formula is C13H13NO2. The summed E-state index contributed by atoms with van der Waals surface area (Å²) in [6.45, 7) is 3.43. The van der Waals surface area contributed by atoms with Gasteiger partial charge in [-0.05, 0) is 30.9 Å². The number of pyridine rings is 1. The van der Waals surface area contributed by atoms with Gasteiger partial charge in [-0.3, -0.25) is 9.59 Å². The number of aromatic amines is 1. The van der Waals surface area contributed by atoms with E-state index >= 15 is 0 Å². The molecule has 3 heteroatoms. The Balaban J connectivity index is 2.68. The van der Waals surface area contributed by atoms with E-state index < -0.39 is 0 Å². The maximum absolute atomic E-state index is 11.7. The van der Waals surface area contributed by atoms with Crippen LogP contribution >= 0.6 is 0 Å². The van der Waals surface area contributed by atoms with Crippen molar-refractivity contribution in [1.29, 1.82) is 0 Å². The van der Waals surface area contributed by atoms with Crippen LogP contribution in [0.15, 0.2) is 29.1 Å². The highest BCUT2D eigenvalue weighted by molar-refractivity contribution is 5.84. The Bertz CT molecular complexity index is 611. The number of ketones is 1. The molecule has 3 nitrogen and oxygen atoms in total. The fraction of sp³-hybridized carbons (Fsp3) is 0.231. The molecule has 0 unspecified atom stereocenters. The second-order valence-electron chi connectivity index (χ2n) is 4.04. The Morgan fingerprint density at radius 1 is 1.38 bits per heavy atom. The molecule has 2 rings (SSSR count). The first-order valence-electron chi connectivity index (χ1n) is 5.19. The molecule has 16 heavy (non-hydrogen) atoms. The van der Waals surface area contributed by atoms with Crippen LogP contribution in [0.2, 0.25) is 0 Å². The van der Waals surface area contributed by atoms with E-state index in [9.17, 15) is 9.59 Å². The van der Waals surface area contributed by atoms with Crippen molar-refractivity contribution in [2.75, 3.05) is 0 Å². The quantitative estimate of drug-likeness (QED) is 0.832. The molecule has 0 saturated heterocycles. The van der Waals surface area contributed by atoms with Gasteiger partial charge in [-0.1, -0.05) is 18.2 Å². The standard InChI is InChI=1S/C13H13NO2/c1-8-4-3-5-10-7-11(6-9(2)15)13(16)14-12(8)10/h3-5,7H,6H2,1-2H3,(H,14,16).